The van der Waals surface area contributed by atoms with Crippen LogP contribution in [0.2, 0.25) is 0 Å². The van der Waals surface area contributed by atoms with Crippen LogP contribution in [-0.2, 0) is 21.3 Å². The van der Waals surface area contributed by atoms with Crippen molar-refractivity contribution >= 4 is 16.6 Å². The maximum absolute atomic E-state index is 12.1. The van der Waals surface area contributed by atoms with Crippen molar-refractivity contribution in [1.29, 1.82) is 0 Å². The minimum absolute atomic E-state index is 0.184. The Hall–Kier alpha value is -0.960. The van der Waals surface area contributed by atoms with Crippen molar-refractivity contribution in [3.05, 3.63) is 34.9 Å². The number of rotatable bonds is 5. The molecule has 2 unspecified atom stereocenters. The van der Waals surface area contributed by atoms with E-state index >= 15 is 0 Å². The summed E-state index contributed by atoms with van der Waals surface area (Å²) in [6.45, 7) is 4.13. The summed E-state index contributed by atoms with van der Waals surface area (Å²) in [5.74, 6) is 1.83. The van der Waals surface area contributed by atoms with Gasteiger partial charge in [0.05, 0.1) is 0 Å². The van der Waals surface area contributed by atoms with E-state index in [-0.39, 0.29) is 5.92 Å². The number of hydrogen-bond acceptors (Lipinski definition) is 2. The molecule has 104 valence electrons. The van der Waals surface area contributed by atoms with Crippen molar-refractivity contribution in [2.24, 2.45) is 5.92 Å². The van der Waals surface area contributed by atoms with E-state index in [1.807, 2.05) is 0 Å². The van der Waals surface area contributed by atoms with E-state index in [2.05, 4.69) is 32.0 Å². The van der Waals surface area contributed by atoms with Gasteiger partial charge in [-0.1, -0.05) is 29.3 Å². The molecule has 0 amide bonds. The van der Waals surface area contributed by atoms with Crippen LogP contribution in [-0.4, -0.2) is 15.7 Å². The average Bonchev–Trinajstić information content (AvgIpc) is 2.71. The molecule has 0 aromatic heterocycles. The molecule has 0 radical (unpaired) electrons. The van der Waals surface area contributed by atoms with E-state index in [1.54, 1.807) is 0 Å². The summed E-state index contributed by atoms with van der Waals surface area (Å²) in [6.07, 6.45) is 3.55. The normalized spacial score (nSPS) is 20.7. The molecule has 0 bridgehead atoms. The third-order valence-electron chi connectivity index (χ3n) is 3.73. The van der Waals surface area contributed by atoms with Gasteiger partial charge >= 0.3 is 0 Å². The van der Waals surface area contributed by atoms with E-state index in [0.29, 0.717) is 17.3 Å². The number of hydrogen-bond donors (Lipinski definition) is 0. The Morgan fingerprint density at radius 3 is 2.47 bits per heavy atom. The van der Waals surface area contributed by atoms with Crippen LogP contribution in [0.15, 0.2) is 18.2 Å². The molecule has 2 atom stereocenters. The number of aryl methyl sites for hydroxylation is 2. The minimum Gasteiger partial charge on any atom is -0.299 e. The number of carbonyl (C=O) groups excluding carboxylic acids is 1. The highest BCUT2D eigenvalue weighted by molar-refractivity contribution is 7.84. The fraction of sp³-hybridized carbons (Fsp3) is 0.562. The van der Waals surface area contributed by atoms with Gasteiger partial charge in [0.1, 0.15) is 5.78 Å². The molecule has 2 nitrogen and oxygen atoms in total. The highest BCUT2D eigenvalue weighted by Gasteiger charge is 2.24. The van der Waals surface area contributed by atoms with E-state index in [0.717, 1.165) is 31.2 Å². The lowest BCUT2D eigenvalue weighted by Gasteiger charge is -2.08. The van der Waals surface area contributed by atoms with Crippen molar-refractivity contribution in [2.75, 3.05) is 5.75 Å². The second-order valence-corrected chi connectivity index (χ2v) is 7.20. The molecular weight excluding hydrogens is 256 g/mol. The number of carbonyl (C=O) groups is 1. The summed E-state index contributed by atoms with van der Waals surface area (Å²) < 4.78 is 12.1. The highest BCUT2D eigenvalue weighted by atomic mass is 32.2. The first-order chi connectivity index (χ1) is 9.04. The lowest BCUT2D eigenvalue weighted by atomic mass is 10.1. The summed E-state index contributed by atoms with van der Waals surface area (Å²) >= 11 is 0. The number of Topliss-reactive ketones (excluding diaryl/α,β-unsaturated/α-hetero) is 1. The molecule has 1 fully saturated rings. The second-order valence-electron chi connectivity index (χ2n) is 5.63. The van der Waals surface area contributed by atoms with Gasteiger partial charge in [-0.3, -0.25) is 9.00 Å². The van der Waals surface area contributed by atoms with Crippen LogP contribution in [0.25, 0.3) is 0 Å². The van der Waals surface area contributed by atoms with E-state index in [9.17, 15) is 9.00 Å². The first-order valence-electron chi connectivity index (χ1n) is 6.99. The van der Waals surface area contributed by atoms with Crippen LogP contribution in [0, 0.1) is 19.8 Å². The summed E-state index contributed by atoms with van der Waals surface area (Å²) in [5, 5.41) is 0. The van der Waals surface area contributed by atoms with Crippen molar-refractivity contribution in [1.82, 2.24) is 0 Å². The Morgan fingerprint density at radius 1 is 1.21 bits per heavy atom. The first kappa shape index (κ1) is 14.4. The smallest absolute Gasteiger partial charge is 0.136 e. The van der Waals surface area contributed by atoms with Crippen molar-refractivity contribution in [2.45, 2.75) is 45.3 Å². The monoisotopic (exact) mass is 278 g/mol. The third-order valence-corrected chi connectivity index (χ3v) is 5.08. The molecule has 2 rings (SSSR count). The van der Waals surface area contributed by atoms with E-state index < -0.39 is 10.8 Å². The van der Waals surface area contributed by atoms with Crippen LogP contribution in [0.5, 0.6) is 0 Å². The third kappa shape index (κ3) is 4.27. The molecule has 0 aliphatic heterocycles. The Kier molecular flexibility index (Phi) is 4.92. The maximum atomic E-state index is 12.1. The topological polar surface area (TPSA) is 34.1 Å². The van der Waals surface area contributed by atoms with E-state index in [1.165, 1.54) is 11.1 Å². The summed E-state index contributed by atoms with van der Waals surface area (Å²) in [4.78, 5) is 11.5. The van der Waals surface area contributed by atoms with Crippen LogP contribution in [0.4, 0.5) is 0 Å². The number of benzene rings is 1. The Bertz CT molecular complexity index is 473. The van der Waals surface area contributed by atoms with Gasteiger partial charge in [0.15, 0.2) is 0 Å². The molecular formula is C16H22O2S. The Labute approximate surface area is 118 Å². The SMILES string of the molecule is Cc1cc(C)cc(CS(=O)CCC2CCCC2=O)c1. The molecule has 0 heterocycles. The molecule has 3 heteroatoms. The fourth-order valence-corrected chi connectivity index (χ4v) is 4.11. The zero-order valence-electron chi connectivity index (χ0n) is 11.8. The van der Waals surface area contributed by atoms with Crippen LogP contribution in [0.1, 0.15) is 42.4 Å². The summed E-state index contributed by atoms with van der Waals surface area (Å²) in [6, 6.07) is 6.33. The molecule has 0 N–H and O–H groups in total. The molecule has 1 saturated carbocycles. The first-order valence-corrected chi connectivity index (χ1v) is 8.48. The zero-order valence-corrected chi connectivity index (χ0v) is 12.6. The molecule has 0 spiro atoms. The molecule has 1 aromatic carbocycles. The van der Waals surface area contributed by atoms with Gasteiger partial charge in [0.2, 0.25) is 0 Å². The van der Waals surface area contributed by atoms with Gasteiger partial charge in [0, 0.05) is 34.6 Å². The second kappa shape index (κ2) is 6.47. The molecule has 1 aliphatic carbocycles. The zero-order chi connectivity index (χ0) is 13.8. The molecule has 19 heavy (non-hydrogen) atoms. The van der Waals surface area contributed by atoms with Gasteiger partial charge < -0.3 is 0 Å². The lowest BCUT2D eigenvalue weighted by molar-refractivity contribution is -0.120. The Morgan fingerprint density at radius 2 is 1.89 bits per heavy atom. The minimum atomic E-state index is -0.851. The summed E-state index contributed by atoms with van der Waals surface area (Å²) in [7, 11) is -0.851. The Balaban J connectivity index is 1.85. The standard InChI is InChI=1S/C16H22O2S/c1-12-8-13(2)10-14(9-12)11-19(18)7-6-15-4-3-5-16(15)17/h8-10,15H,3-7,11H2,1-2H3. The van der Waals surface area contributed by atoms with Crippen molar-refractivity contribution < 1.29 is 9.00 Å². The summed E-state index contributed by atoms with van der Waals surface area (Å²) in [5.41, 5.74) is 3.59. The molecule has 1 aliphatic rings. The maximum Gasteiger partial charge on any atom is 0.136 e. The largest absolute Gasteiger partial charge is 0.299 e. The van der Waals surface area contributed by atoms with Gasteiger partial charge in [-0.25, -0.2) is 0 Å². The predicted molar refractivity (Wildman–Crippen MR) is 79.6 cm³/mol. The van der Waals surface area contributed by atoms with Gasteiger partial charge in [0.25, 0.3) is 0 Å². The van der Waals surface area contributed by atoms with Gasteiger partial charge in [-0.2, -0.15) is 0 Å². The van der Waals surface area contributed by atoms with Crippen molar-refractivity contribution in [3.63, 3.8) is 0 Å². The van der Waals surface area contributed by atoms with Gasteiger partial charge in [-0.05, 0) is 38.7 Å². The van der Waals surface area contributed by atoms with Gasteiger partial charge in [-0.15, -0.1) is 0 Å². The molecule has 1 aromatic rings. The van der Waals surface area contributed by atoms with Crippen LogP contribution in [0.3, 0.4) is 0 Å². The quantitative estimate of drug-likeness (QED) is 0.828. The van der Waals surface area contributed by atoms with Crippen LogP contribution < -0.4 is 0 Å². The highest BCUT2D eigenvalue weighted by Crippen LogP contribution is 2.24. The average molecular weight is 278 g/mol. The predicted octanol–water partition coefficient (Wildman–Crippen LogP) is 3.31. The number of ketones is 1. The van der Waals surface area contributed by atoms with Crippen LogP contribution >= 0.6 is 0 Å². The fourth-order valence-electron chi connectivity index (χ4n) is 2.88. The van der Waals surface area contributed by atoms with Crippen molar-refractivity contribution in [3.8, 4) is 0 Å². The lowest BCUT2D eigenvalue weighted by Crippen LogP contribution is -2.11. The molecule has 0 saturated heterocycles. The van der Waals surface area contributed by atoms with E-state index in [4.69, 9.17) is 0 Å².